The molecular weight excluding hydrogens is 88.1 g/mol. The Balaban J connectivity index is 2.51. The highest BCUT2D eigenvalue weighted by Crippen LogP contribution is 1.90. The molecule has 2 N–H and O–H groups in total. The summed E-state index contributed by atoms with van der Waals surface area (Å²) >= 11 is 0. The quantitative estimate of drug-likeness (QED) is 0.486. The van der Waals surface area contributed by atoms with E-state index in [1.54, 1.807) is 6.08 Å². The van der Waals surface area contributed by atoms with Gasteiger partial charge in [0.05, 0.1) is 0 Å². The lowest BCUT2D eigenvalue weighted by Crippen LogP contribution is -2.22. The molecule has 1 rings (SSSR count). The largest absolute Gasteiger partial charge is 0.322 e. The highest BCUT2D eigenvalue weighted by molar-refractivity contribution is 5.16. The molecule has 0 fully saturated rings. The minimum absolute atomic E-state index is 0.904. The Hall–Kier alpha value is -0.760. The first-order valence-corrected chi connectivity index (χ1v) is 2.25. The van der Waals surface area contributed by atoms with Crippen LogP contribution in [0.25, 0.3) is 0 Å². The number of nitrogens with one attached hydrogen (secondary N) is 2. The van der Waals surface area contributed by atoms with Crippen molar-refractivity contribution in [1.29, 1.82) is 0 Å². The molecule has 38 valence electrons. The second-order valence-corrected chi connectivity index (χ2v) is 1.37. The Morgan fingerprint density at radius 3 is 3.00 bits per heavy atom. The molecule has 0 bridgehead atoms. The number of allylic oxidation sites excluding steroid dienone is 1. The van der Waals surface area contributed by atoms with Crippen molar-refractivity contribution < 1.29 is 0 Å². The molecule has 2 heteroatoms. The average Bonchev–Trinajstić information content (AvgIpc) is 2.14. The summed E-state index contributed by atoms with van der Waals surface area (Å²) in [6.45, 7) is 4.48. The van der Waals surface area contributed by atoms with Crippen LogP contribution in [0, 0.1) is 0 Å². The Morgan fingerprint density at radius 1 is 1.86 bits per heavy atom. The highest BCUT2D eigenvalue weighted by atomic mass is 15.4. The molecule has 0 spiro atoms. The topological polar surface area (TPSA) is 24.1 Å². The second kappa shape index (κ2) is 1.80. The summed E-state index contributed by atoms with van der Waals surface area (Å²) in [6, 6.07) is 0. The fourth-order valence-electron chi connectivity index (χ4n) is 0.499. The molecule has 0 atom stereocenters. The molecule has 2 nitrogen and oxygen atoms in total. The standard InChI is InChI=1S/C5H8N2/c1-2-5-3-4-6-7-5/h2-3,6-7H,1,4H2. The van der Waals surface area contributed by atoms with Gasteiger partial charge in [0.15, 0.2) is 0 Å². The molecule has 0 aromatic heterocycles. The number of hydrogen-bond acceptors (Lipinski definition) is 2. The molecule has 0 aromatic carbocycles. The molecule has 0 unspecified atom stereocenters. The number of rotatable bonds is 1. The SMILES string of the molecule is C=CC1=CCNN1. The van der Waals surface area contributed by atoms with Crippen LogP contribution in [0.3, 0.4) is 0 Å². The molecule has 0 radical (unpaired) electrons. The van der Waals surface area contributed by atoms with Crippen LogP contribution in [0.2, 0.25) is 0 Å². The van der Waals surface area contributed by atoms with E-state index in [0.29, 0.717) is 0 Å². The van der Waals surface area contributed by atoms with Gasteiger partial charge in [0.25, 0.3) is 0 Å². The maximum atomic E-state index is 3.57. The Kier molecular flexibility index (Phi) is 1.13. The summed E-state index contributed by atoms with van der Waals surface area (Å²) in [7, 11) is 0. The summed E-state index contributed by atoms with van der Waals surface area (Å²) in [5.41, 5.74) is 6.88. The minimum Gasteiger partial charge on any atom is -0.322 e. The smallest absolute Gasteiger partial charge is 0.0455 e. The molecule has 0 aliphatic carbocycles. The van der Waals surface area contributed by atoms with Gasteiger partial charge in [-0.1, -0.05) is 6.58 Å². The maximum absolute atomic E-state index is 3.57. The van der Waals surface area contributed by atoms with Crippen molar-refractivity contribution in [2.45, 2.75) is 0 Å². The fourth-order valence-corrected chi connectivity index (χ4v) is 0.499. The van der Waals surface area contributed by atoms with E-state index >= 15 is 0 Å². The van der Waals surface area contributed by atoms with Gasteiger partial charge in [-0.3, -0.25) is 0 Å². The third kappa shape index (κ3) is 0.810. The zero-order valence-corrected chi connectivity index (χ0v) is 4.07. The van der Waals surface area contributed by atoms with Crippen molar-refractivity contribution >= 4 is 0 Å². The molecule has 0 amide bonds. The first-order valence-electron chi connectivity index (χ1n) is 2.25. The van der Waals surface area contributed by atoms with Crippen molar-refractivity contribution in [3.63, 3.8) is 0 Å². The lowest BCUT2D eigenvalue weighted by atomic mass is 10.4. The van der Waals surface area contributed by atoms with Crippen LogP contribution in [0.5, 0.6) is 0 Å². The van der Waals surface area contributed by atoms with Crippen LogP contribution in [0.15, 0.2) is 24.4 Å². The van der Waals surface area contributed by atoms with E-state index < -0.39 is 0 Å². The maximum Gasteiger partial charge on any atom is 0.0455 e. The average molecular weight is 96.1 g/mol. The van der Waals surface area contributed by atoms with Gasteiger partial charge in [-0.05, 0) is 12.2 Å². The zero-order valence-electron chi connectivity index (χ0n) is 4.07. The van der Waals surface area contributed by atoms with Gasteiger partial charge in [-0.25, -0.2) is 5.43 Å². The summed E-state index contributed by atoms with van der Waals surface area (Å²) in [4.78, 5) is 0. The van der Waals surface area contributed by atoms with E-state index in [1.807, 2.05) is 6.08 Å². The fraction of sp³-hybridized carbons (Fsp3) is 0.200. The summed E-state index contributed by atoms with van der Waals surface area (Å²) < 4.78 is 0. The number of hydrogen-bond donors (Lipinski definition) is 2. The third-order valence-electron chi connectivity index (χ3n) is 0.877. The van der Waals surface area contributed by atoms with E-state index in [2.05, 4.69) is 17.4 Å². The first kappa shape index (κ1) is 4.40. The van der Waals surface area contributed by atoms with E-state index in [0.717, 1.165) is 12.2 Å². The van der Waals surface area contributed by atoms with Crippen molar-refractivity contribution in [2.24, 2.45) is 0 Å². The van der Waals surface area contributed by atoms with Crippen LogP contribution in [0.1, 0.15) is 0 Å². The zero-order chi connectivity index (χ0) is 5.11. The van der Waals surface area contributed by atoms with Crippen LogP contribution >= 0.6 is 0 Å². The highest BCUT2D eigenvalue weighted by Gasteiger charge is 1.93. The van der Waals surface area contributed by atoms with Gasteiger partial charge in [0.1, 0.15) is 0 Å². The normalized spacial score (nSPS) is 18.0. The van der Waals surface area contributed by atoms with E-state index in [1.165, 1.54) is 0 Å². The Labute approximate surface area is 42.9 Å². The van der Waals surface area contributed by atoms with Crippen LogP contribution in [-0.4, -0.2) is 6.54 Å². The molecule has 1 aliphatic heterocycles. The van der Waals surface area contributed by atoms with Gasteiger partial charge < -0.3 is 5.43 Å². The first-order chi connectivity index (χ1) is 3.43. The molecule has 0 aromatic rings. The van der Waals surface area contributed by atoms with Crippen molar-refractivity contribution in [3.05, 3.63) is 24.4 Å². The van der Waals surface area contributed by atoms with E-state index in [-0.39, 0.29) is 0 Å². The van der Waals surface area contributed by atoms with Gasteiger partial charge >= 0.3 is 0 Å². The molecule has 0 saturated heterocycles. The second-order valence-electron chi connectivity index (χ2n) is 1.37. The third-order valence-corrected chi connectivity index (χ3v) is 0.877. The van der Waals surface area contributed by atoms with Crippen LogP contribution in [-0.2, 0) is 0 Å². The predicted molar refractivity (Wildman–Crippen MR) is 29.4 cm³/mol. The lowest BCUT2D eigenvalue weighted by molar-refractivity contribution is 0.710. The monoisotopic (exact) mass is 96.1 g/mol. The van der Waals surface area contributed by atoms with Crippen LogP contribution in [0.4, 0.5) is 0 Å². The summed E-state index contributed by atoms with van der Waals surface area (Å²) in [5, 5.41) is 0. The van der Waals surface area contributed by atoms with E-state index in [9.17, 15) is 0 Å². The molecule has 1 heterocycles. The van der Waals surface area contributed by atoms with Crippen LogP contribution < -0.4 is 10.9 Å². The van der Waals surface area contributed by atoms with Gasteiger partial charge in [0.2, 0.25) is 0 Å². The predicted octanol–water partition coefficient (Wildman–Crippen LogP) is 0.164. The lowest BCUT2D eigenvalue weighted by Gasteiger charge is -1.92. The summed E-state index contributed by atoms with van der Waals surface area (Å²) in [6.07, 6.45) is 3.81. The Morgan fingerprint density at radius 2 is 2.71 bits per heavy atom. The van der Waals surface area contributed by atoms with Crippen molar-refractivity contribution in [2.75, 3.05) is 6.54 Å². The van der Waals surface area contributed by atoms with Gasteiger partial charge in [-0.2, -0.15) is 0 Å². The summed E-state index contributed by atoms with van der Waals surface area (Å²) in [5.74, 6) is 0. The van der Waals surface area contributed by atoms with Gasteiger partial charge in [-0.15, -0.1) is 0 Å². The minimum atomic E-state index is 0.904. The van der Waals surface area contributed by atoms with Crippen molar-refractivity contribution in [1.82, 2.24) is 10.9 Å². The van der Waals surface area contributed by atoms with Gasteiger partial charge in [0, 0.05) is 12.2 Å². The molecule has 7 heavy (non-hydrogen) atoms. The molecule has 0 saturated carbocycles. The Bertz CT molecular complexity index is 105. The molecular formula is C5H8N2. The van der Waals surface area contributed by atoms with Crippen molar-refractivity contribution in [3.8, 4) is 0 Å². The van der Waals surface area contributed by atoms with E-state index in [4.69, 9.17) is 0 Å². The molecule has 1 aliphatic rings. The number of hydrazine groups is 1.